The van der Waals surface area contributed by atoms with Gasteiger partial charge in [-0.2, -0.15) is 0 Å². The summed E-state index contributed by atoms with van der Waals surface area (Å²) >= 11 is 0. The molecule has 0 radical (unpaired) electrons. The average molecular weight is 172 g/mol. The summed E-state index contributed by atoms with van der Waals surface area (Å²) in [6.45, 7) is 0. The van der Waals surface area contributed by atoms with Gasteiger partial charge in [0.05, 0.1) is 0 Å². The van der Waals surface area contributed by atoms with Crippen molar-refractivity contribution in [3.63, 3.8) is 0 Å². The van der Waals surface area contributed by atoms with E-state index < -0.39 is 11.6 Å². The molecule has 0 atom stereocenters. The van der Waals surface area contributed by atoms with Crippen molar-refractivity contribution in [2.24, 2.45) is 10.9 Å². The van der Waals surface area contributed by atoms with Crippen LogP contribution in [0.2, 0.25) is 0 Å². The molecule has 0 saturated carbocycles. The van der Waals surface area contributed by atoms with Gasteiger partial charge in [0.2, 0.25) is 0 Å². The van der Waals surface area contributed by atoms with E-state index in [9.17, 15) is 8.78 Å². The van der Waals surface area contributed by atoms with Crippen LogP contribution in [0.4, 0.5) is 8.78 Å². The van der Waals surface area contributed by atoms with Crippen molar-refractivity contribution < 1.29 is 14.0 Å². The smallest absolute Gasteiger partial charge is 0.170 e. The van der Waals surface area contributed by atoms with Crippen LogP contribution in [-0.4, -0.2) is 11.0 Å². The van der Waals surface area contributed by atoms with Crippen molar-refractivity contribution in [2.75, 3.05) is 0 Å². The van der Waals surface area contributed by atoms with E-state index in [0.717, 1.165) is 12.1 Å². The molecule has 0 aromatic heterocycles. The summed E-state index contributed by atoms with van der Waals surface area (Å²) < 4.78 is 25.0. The van der Waals surface area contributed by atoms with Crippen molar-refractivity contribution in [1.82, 2.24) is 0 Å². The molecule has 0 spiro atoms. The van der Waals surface area contributed by atoms with Gasteiger partial charge >= 0.3 is 0 Å². The molecule has 64 valence electrons. The Hall–Kier alpha value is -1.65. The topological polar surface area (TPSA) is 58.6 Å². The fourth-order valence-electron chi connectivity index (χ4n) is 0.759. The van der Waals surface area contributed by atoms with Crippen LogP contribution >= 0.6 is 0 Å². The van der Waals surface area contributed by atoms with E-state index in [1.165, 1.54) is 0 Å². The Labute approximate surface area is 67.1 Å². The standard InChI is InChI=1S/C7H6F2N2O/c8-5-1-4(7(10)11-12)2-6(9)3-5/h1-3,12H,(H2,10,11). The lowest BCUT2D eigenvalue weighted by Crippen LogP contribution is -2.13. The van der Waals surface area contributed by atoms with Crippen LogP contribution in [0.25, 0.3) is 0 Å². The highest BCUT2D eigenvalue weighted by atomic mass is 19.1. The third-order valence-electron chi connectivity index (χ3n) is 1.27. The van der Waals surface area contributed by atoms with Crippen molar-refractivity contribution in [1.29, 1.82) is 0 Å². The highest BCUT2D eigenvalue weighted by molar-refractivity contribution is 5.96. The largest absolute Gasteiger partial charge is 0.409 e. The zero-order chi connectivity index (χ0) is 9.14. The SMILES string of the molecule is NC(=NO)c1cc(F)cc(F)c1. The second-order valence-electron chi connectivity index (χ2n) is 2.14. The molecule has 1 aromatic rings. The quantitative estimate of drug-likeness (QED) is 0.288. The average Bonchev–Trinajstić information content (AvgIpc) is 2.01. The van der Waals surface area contributed by atoms with E-state index in [2.05, 4.69) is 5.16 Å². The van der Waals surface area contributed by atoms with Crippen molar-refractivity contribution in [2.45, 2.75) is 0 Å². The molecule has 3 N–H and O–H groups in total. The number of hydrogen-bond acceptors (Lipinski definition) is 2. The summed E-state index contributed by atoms with van der Waals surface area (Å²) in [7, 11) is 0. The monoisotopic (exact) mass is 172 g/mol. The van der Waals surface area contributed by atoms with E-state index >= 15 is 0 Å². The van der Waals surface area contributed by atoms with Gasteiger partial charge in [0.25, 0.3) is 0 Å². The molecule has 0 aliphatic carbocycles. The second kappa shape index (κ2) is 3.17. The molecule has 0 aliphatic heterocycles. The van der Waals surface area contributed by atoms with Crippen LogP contribution in [0.15, 0.2) is 23.4 Å². The number of hydrogen-bond donors (Lipinski definition) is 2. The number of halogens is 2. The normalized spacial score (nSPS) is 11.7. The van der Waals surface area contributed by atoms with Gasteiger partial charge in [-0.15, -0.1) is 0 Å². The maximum Gasteiger partial charge on any atom is 0.170 e. The third kappa shape index (κ3) is 1.69. The first-order chi connectivity index (χ1) is 5.63. The molecule has 3 nitrogen and oxygen atoms in total. The van der Waals surface area contributed by atoms with Gasteiger partial charge in [-0.25, -0.2) is 8.78 Å². The van der Waals surface area contributed by atoms with E-state index in [1.54, 1.807) is 0 Å². The molecule has 0 amide bonds. The molecule has 0 unspecified atom stereocenters. The van der Waals surface area contributed by atoms with Crippen LogP contribution in [-0.2, 0) is 0 Å². The fourth-order valence-corrected chi connectivity index (χ4v) is 0.759. The zero-order valence-corrected chi connectivity index (χ0v) is 5.96. The van der Waals surface area contributed by atoms with Gasteiger partial charge in [-0.05, 0) is 12.1 Å². The third-order valence-corrected chi connectivity index (χ3v) is 1.27. The number of oxime groups is 1. The molecule has 12 heavy (non-hydrogen) atoms. The molecule has 1 aromatic carbocycles. The van der Waals surface area contributed by atoms with Crippen LogP contribution in [0.1, 0.15) is 5.56 Å². The van der Waals surface area contributed by atoms with Gasteiger partial charge < -0.3 is 10.9 Å². The van der Waals surface area contributed by atoms with Gasteiger partial charge in [-0.1, -0.05) is 5.16 Å². The summed E-state index contributed by atoms with van der Waals surface area (Å²) in [6, 6.07) is 2.64. The lowest BCUT2D eigenvalue weighted by Gasteiger charge is -1.98. The maximum atomic E-state index is 12.5. The van der Waals surface area contributed by atoms with Crippen molar-refractivity contribution in [3.8, 4) is 0 Å². The van der Waals surface area contributed by atoms with Crippen LogP contribution in [0.5, 0.6) is 0 Å². The Kier molecular flexibility index (Phi) is 2.23. The zero-order valence-electron chi connectivity index (χ0n) is 5.96. The van der Waals surface area contributed by atoms with Gasteiger partial charge in [0, 0.05) is 11.6 Å². The second-order valence-corrected chi connectivity index (χ2v) is 2.14. The lowest BCUT2D eigenvalue weighted by atomic mass is 10.2. The predicted octanol–water partition coefficient (Wildman–Crippen LogP) is 1.06. The number of amidine groups is 1. The van der Waals surface area contributed by atoms with Crippen LogP contribution in [0.3, 0.4) is 0 Å². The van der Waals surface area contributed by atoms with Gasteiger partial charge in [0.1, 0.15) is 11.6 Å². The molecular weight excluding hydrogens is 166 g/mol. The van der Waals surface area contributed by atoms with Crippen molar-refractivity contribution in [3.05, 3.63) is 35.4 Å². The highest BCUT2D eigenvalue weighted by Crippen LogP contribution is 2.07. The van der Waals surface area contributed by atoms with E-state index in [0.29, 0.717) is 6.07 Å². The number of benzene rings is 1. The maximum absolute atomic E-state index is 12.5. The Morgan fingerprint density at radius 2 is 1.75 bits per heavy atom. The minimum absolute atomic E-state index is 0.00926. The van der Waals surface area contributed by atoms with Crippen LogP contribution in [0, 0.1) is 11.6 Å². The first kappa shape index (κ1) is 8.45. The van der Waals surface area contributed by atoms with E-state index in [-0.39, 0.29) is 11.4 Å². The lowest BCUT2D eigenvalue weighted by molar-refractivity contribution is 0.318. The fraction of sp³-hybridized carbons (Fsp3) is 0. The highest BCUT2D eigenvalue weighted by Gasteiger charge is 2.03. The Bertz CT molecular complexity index is 305. The Morgan fingerprint density at radius 3 is 2.17 bits per heavy atom. The predicted molar refractivity (Wildman–Crippen MR) is 38.9 cm³/mol. The molecule has 1 rings (SSSR count). The Morgan fingerprint density at radius 1 is 1.25 bits per heavy atom. The van der Waals surface area contributed by atoms with Crippen LogP contribution < -0.4 is 5.73 Å². The minimum Gasteiger partial charge on any atom is -0.409 e. The molecule has 0 fully saturated rings. The van der Waals surface area contributed by atoms with E-state index in [1.807, 2.05) is 0 Å². The molecule has 0 aliphatic rings. The summed E-state index contributed by atoms with van der Waals surface area (Å²) in [5.41, 5.74) is 5.11. The summed E-state index contributed by atoms with van der Waals surface area (Å²) in [6.07, 6.45) is 0. The summed E-state index contributed by atoms with van der Waals surface area (Å²) in [4.78, 5) is 0. The number of rotatable bonds is 1. The molecule has 0 bridgehead atoms. The van der Waals surface area contributed by atoms with E-state index in [4.69, 9.17) is 10.9 Å². The Balaban J connectivity index is 3.17. The molecule has 0 saturated heterocycles. The molecule has 5 heteroatoms. The van der Waals surface area contributed by atoms with Gasteiger partial charge in [0.15, 0.2) is 5.84 Å². The number of nitrogens with two attached hydrogens (primary N) is 1. The molecular formula is C7H6F2N2O. The summed E-state index contributed by atoms with van der Waals surface area (Å²) in [5, 5.41) is 10.8. The van der Waals surface area contributed by atoms with Gasteiger partial charge in [-0.3, -0.25) is 0 Å². The first-order valence-corrected chi connectivity index (χ1v) is 3.07. The molecule has 0 heterocycles. The number of nitrogens with zero attached hydrogens (tertiary/aromatic N) is 1. The summed E-state index contributed by atoms with van der Waals surface area (Å²) in [5.74, 6) is -1.86. The van der Waals surface area contributed by atoms with Crippen molar-refractivity contribution >= 4 is 5.84 Å². The first-order valence-electron chi connectivity index (χ1n) is 3.07. The minimum atomic E-state index is -0.767.